The molecule has 302 valence electrons. The lowest BCUT2D eigenvalue weighted by atomic mass is 10.2. The molecule has 0 aliphatic rings. The maximum Gasteiger partial charge on any atom is 0.493 e. The van der Waals surface area contributed by atoms with Gasteiger partial charge in [0.15, 0.2) is 0 Å². The Hall–Kier alpha value is 0.741. The highest BCUT2D eigenvalue weighted by Crippen LogP contribution is 2.41. The van der Waals surface area contributed by atoms with Crippen molar-refractivity contribution in [2.45, 2.75) is 102 Å². The number of hydrogen-bond acceptors (Lipinski definition) is 12. The molecule has 0 heterocycles. The Morgan fingerprint density at radius 2 is 1.04 bits per heavy atom. The van der Waals surface area contributed by atoms with Crippen LogP contribution in [-0.2, 0) is 39.6 Å². The van der Waals surface area contributed by atoms with Crippen LogP contribution in [0.25, 0.3) is 0 Å². The summed E-state index contributed by atoms with van der Waals surface area (Å²) in [6.07, 6.45) is 7.54. The van der Waals surface area contributed by atoms with Gasteiger partial charge in [0.05, 0.1) is 6.29 Å². The van der Waals surface area contributed by atoms with E-state index in [4.69, 9.17) is 41.5 Å². The van der Waals surface area contributed by atoms with Gasteiger partial charge < -0.3 is 66.3 Å². The summed E-state index contributed by atoms with van der Waals surface area (Å²) in [4.78, 5) is 56.4. The van der Waals surface area contributed by atoms with Gasteiger partial charge in [-0.15, -0.1) is 0 Å². The minimum absolute atomic E-state index is 0.131. The molecule has 50 heavy (non-hydrogen) atoms. The Balaban J connectivity index is 5.58. The van der Waals surface area contributed by atoms with Crippen molar-refractivity contribution < 1.29 is 69.0 Å². The van der Waals surface area contributed by atoms with Crippen LogP contribution in [0, 0.1) is 0 Å². The van der Waals surface area contributed by atoms with Gasteiger partial charge in [0.25, 0.3) is 0 Å². The van der Waals surface area contributed by atoms with Gasteiger partial charge in [-0.3, -0.25) is 18.6 Å². The zero-order valence-electron chi connectivity index (χ0n) is 30.6. The van der Waals surface area contributed by atoms with E-state index < -0.39 is 61.5 Å². The van der Waals surface area contributed by atoms with Crippen molar-refractivity contribution in [3.63, 3.8) is 0 Å². The first kappa shape index (κ1) is 50.7. The fourth-order valence-electron chi connectivity index (χ4n) is 5.34. The Labute approximate surface area is 301 Å². The molecule has 18 nitrogen and oxygen atoms in total. The molecule has 0 radical (unpaired) electrons. The highest BCUT2D eigenvalue weighted by atomic mass is 31.2. The highest BCUT2D eigenvalue weighted by molar-refractivity contribution is 7.52. The first-order chi connectivity index (χ1) is 23.2. The largest absolute Gasteiger partial charge is 0.493 e. The Kier molecular flexibility index (Phi) is 26.1. The minimum Gasteiger partial charge on any atom is -0.398 e. The summed E-state index contributed by atoms with van der Waals surface area (Å²) in [6, 6.07) is 1.65. The summed E-state index contributed by atoms with van der Waals surface area (Å²) in [5.74, 6) is 0. The second-order valence-corrected chi connectivity index (χ2v) is 27.3. The SMILES string of the molecule is CO[Si](C)(CCCCCCN(CP(=O)(O)O)CP(=O)(O)O)O[Si](CCCCCCNCP(=O)(O)O)(OC)O[Si](CCCCCCN)(OC)OC. The molecular weight excluding hydrogens is 771 g/mol. The Morgan fingerprint density at radius 3 is 1.50 bits per heavy atom. The third-order valence-corrected chi connectivity index (χ3v) is 21.6. The van der Waals surface area contributed by atoms with Gasteiger partial charge in [-0.25, -0.2) is 0 Å². The van der Waals surface area contributed by atoms with Crippen LogP contribution in [-0.4, -0.2) is 127 Å². The molecule has 0 amide bonds. The molecule has 0 aromatic heterocycles. The van der Waals surface area contributed by atoms with Crippen molar-refractivity contribution in [1.82, 2.24) is 10.2 Å². The standard InChI is InChI=1S/C26H66N3O15P3Si3/c1-39-48(5,21-15-11-8-14-20-29(25-46(33,34)35)26-47(36,37)38)43-50(42-4,23-17-10-7-13-19-28-24-45(30,31)32)44-49(40-2,41-3)22-16-9-6-12-18-27/h28H,6-27H2,1-5H3,(H2,30,31,32)(H2,33,34,35)(H2,36,37,38). The molecule has 2 atom stereocenters. The van der Waals surface area contributed by atoms with Crippen LogP contribution in [0.15, 0.2) is 0 Å². The molecule has 2 unspecified atom stereocenters. The predicted molar refractivity (Wildman–Crippen MR) is 198 cm³/mol. The van der Waals surface area contributed by atoms with Crippen molar-refractivity contribution in [3.8, 4) is 0 Å². The van der Waals surface area contributed by atoms with Crippen LogP contribution in [0.3, 0.4) is 0 Å². The molecule has 24 heteroatoms. The predicted octanol–water partition coefficient (Wildman–Crippen LogP) is 3.49. The van der Waals surface area contributed by atoms with Crippen molar-refractivity contribution >= 4 is 49.0 Å². The Morgan fingerprint density at radius 1 is 0.580 bits per heavy atom. The number of nitrogens with two attached hydrogens (primary N) is 1. The second-order valence-electron chi connectivity index (χ2n) is 12.6. The van der Waals surface area contributed by atoms with E-state index in [0.29, 0.717) is 56.9 Å². The van der Waals surface area contributed by atoms with E-state index in [1.165, 1.54) is 0 Å². The maximum absolute atomic E-state index is 11.4. The lowest BCUT2D eigenvalue weighted by molar-refractivity contribution is 0.0936. The van der Waals surface area contributed by atoms with E-state index in [0.717, 1.165) is 56.3 Å². The lowest BCUT2D eigenvalue weighted by Crippen LogP contribution is -2.62. The van der Waals surface area contributed by atoms with Crippen LogP contribution in [0.1, 0.15) is 77.0 Å². The summed E-state index contributed by atoms with van der Waals surface area (Å²) < 4.78 is 71.7. The van der Waals surface area contributed by atoms with Crippen molar-refractivity contribution in [3.05, 3.63) is 0 Å². The van der Waals surface area contributed by atoms with E-state index >= 15 is 0 Å². The molecule has 0 bridgehead atoms. The van der Waals surface area contributed by atoms with E-state index in [1.54, 1.807) is 28.4 Å². The number of nitrogens with one attached hydrogen (secondary N) is 1. The molecule has 0 fully saturated rings. The first-order valence-electron chi connectivity index (χ1n) is 17.1. The molecule has 0 rings (SSSR count). The van der Waals surface area contributed by atoms with E-state index in [9.17, 15) is 33.3 Å². The lowest BCUT2D eigenvalue weighted by Gasteiger charge is -2.41. The summed E-state index contributed by atoms with van der Waals surface area (Å²) in [6.45, 7) is 3.19. The number of hydrogen-bond donors (Lipinski definition) is 8. The first-order valence-corrected chi connectivity index (χ1v) is 28.9. The molecular formula is C26H66N3O15P3Si3. The summed E-state index contributed by atoms with van der Waals surface area (Å²) >= 11 is 0. The molecule has 9 N–H and O–H groups in total. The number of unbranched alkanes of at least 4 members (excludes halogenated alkanes) is 9. The minimum atomic E-state index is -4.49. The average Bonchev–Trinajstić information content (AvgIpc) is 3.01. The van der Waals surface area contributed by atoms with E-state index in [-0.39, 0.29) is 12.8 Å². The van der Waals surface area contributed by atoms with Crippen LogP contribution in [0.5, 0.6) is 0 Å². The normalized spacial score (nSPS) is 15.8. The third kappa shape index (κ3) is 25.7. The summed E-state index contributed by atoms with van der Waals surface area (Å²) in [7, 11) is -16.3. The topological polar surface area (TPSA) is 269 Å². The van der Waals surface area contributed by atoms with Crippen LogP contribution < -0.4 is 11.1 Å². The number of rotatable bonds is 34. The van der Waals surface area contributed by atoms with Crippen LogP contribution in [0.2, 0.25) is 24.7 Å². The quantitative estimate of drug-likeness (QED) is 0.0262. The van der Waals surface area contributed by atoms with E-state index in [2.05, 4.69) is 5.32 Å². The van der Waals surface area contributed by atoms with Crippen LogP contribution >= 0.6 is 22.8 Å². The fraction of sp³-hybridized carbons (Fsp3) is 1.00. The second kappa shape index (κ2) is 25.8. The molecule has 0 aromatic rings. The average molecular weight is 838 g/mol. The van der Waals surface area contributed by atoms with Gasteiger partial charge in [-0.05, 0) is 64.3 Å². The van der Waals surface area contributed by atoms with Crippen LogP contribution in [0.4, 0.5) is 0 Å². The van der Waals surface area contributed by atoms with E-state index in [1.807, 2.05) is 6.55 Å². The van der Waals surface area contributed by atoms with Gasteiger partial charge in [-0.1, -0.05) is 44.9 Å². The van der Waals surface area contributed by atoms with Gasteiger partial charge in [0, 0.05) is 40.5 Å². The van der Waals surface area contributed by atoms with Crippen molar-refractivity contribution in [1.29, 1.82) is 0 Å². The smallest absolute Gasteiger partial charge is 0.398 e. The van der Waals surface area contributed by atoms with Gasteiger partial charge in [0.1, 0.15) is 12.6 Å². The van der Waals surface area contributed by atoms with Gasteiger partial charge in [0.2, 0.25) is 0 Å². The molecule has 0 spiro atoms. The summed E-state index contributed by atoms with van der Waals surface area (Å²) in [5, 5.41) is 2.78. The maximum atomic E-state index is 11.4. The van der Waals surface area contributed by atoms with Gasteiger partial charge >= 0.3 is 49.0 Å². The van der Waals surface area contributed by atoms with Crippen molar-refractivity contribution in [2.75, 3.05) is 66.9 Å². The molecule has 0 saturated heterocycles. The highest BCUT2D eigenvalue weighted by Gasteiger charge is 2.55. The number of nitrogens with zero attached hydrogens (tertiary/aromatic N) is 1. The molecule has 0 aromatic carbocycles. The monoisotopic (exact) mass is 837 g/mol. The zero-order valence-corrected chi connectivity index (χ0v) is 36.3. The third-order valence-electron chi connectivity index (χ3n) is 8.01. The Bertz CT molecular complexity index is 1020. The molecule has 0 aliphatic heterocycles. The zero-order chi connectivity index (χ0) is 38.4. The summed E-state index contributed by atoms with van der Waals surface area (Å²) in [5.41, 5.74) is 5.65. The molecule has 0 aliphatic carbocycles. The molecule has 0 saturated carbocycles. The van der Waals surface area contributed by atoms with Crippen molar-refractivity contribution in [2.24, 2.45) is 5.73 Å². The van der Waals surface area contributed by atoms with Gasteiger partial charge in [-0.2, -0.15) is 0 Å². The fourth-order valence-corrected chi connectivity index (χ4v) is 19.1.